The fourth-order valence-corrected chi connectivity index (χ4v) is 1.65. The molecular weight excluding hydrogens is 244 g/mol. The number of aromatic nitrogens is 3. The Bertz CT molecular complexity index is 594. The zero-order valence-corrected chi connectivity index (χ0v) is 10.1. The Labute approximate surface area is 103 Å². The number of nitrogens with zero attached hydrogens (tertiary/aromatic N) is 2. The van der Waals surface area contributed by atoms with Crippen LogP contribution in [0.2, 0.25) is 5.02 Å². The van der Waals surface area contributed by atoms with Crippen LogP contribution in [0.5, 0.6) is 0 Å². The van der Waals surface area contributed by atoms with Gasteiger partial charge < -0.3 is 10.7 Å². The topological polar surface area (TPSA) is 67.6 Å². The summed E-state index contributed by atoms with van der Waals surface area (Å²) >= 11 is 10.9. The van der Waals surface area contributed by atoms with E-state index in [2.05, 4.69) is 15.0 Å². The minimum absolute atomic E-state index is 0.211. The van der Waals surface area contributed by atoms with E-state index in [1.54, 1.807) is 0 Å². The number of rotatable bonds is 1. The third-order valence-electron chi connectivity index (χ3n) is 2.12. The van der Waals surface area contributed by atoms with Crippen LogP contribution in [0.15, 0.2) is 18.2 Å². The highest BCUT2D eigenvalue weighted by molar-refractivity contribution is 7.71. The van der Waals surface area contributed by atoms with Crippen molar-refractivity contribution in [2.45, 2.75) is 6.92 Å². The Hall–Kier alpha value is -1.46. The summed E-state index contributed by atoms with van der Waals surface area (Å²) in [5.41, 5.74) is 7.39. The van der Waals surface area contributed by atoms with E-state index in [1.165, 1.54) is 0 Å². The van der Waals surface area contributed by atoms with Gasteiger partial charge in [-0.25, -0.2) is 4.98 Å². The molecule has 0 fully saturated rings. The average Bonchev–Trinajstić information content (AvgIpc) is 2.20. The number of H-pyrrole nitrogens is 1. The maximum atomic E-state index is 6.03. The lowest BCUT2D eigenvalue weighted by atomic mass is 10.1. The molecule has 0 bridgehead atoms. The molecule has 0 saturated heterocycles. The van der Waals surface area contributed by atoms with Gasteiger partial charge in [0.1, 0.15) is 5.82 Å². The van der Waals surface area contributed by atoms with E-state index < -0.39 is 0 Å². The Morgan fingerprint density at radius 2 is 2.12 bits per heavy atom. The van der Waals surface area contributed by atoms with Crippen LogP contribution in [0.1, 0.15) is 5.56 Å². The molecule has 1 heterocycles. The first kappa shape index (κ1) is 11.0. The fourth-order valence-electron chi connectivity index (χ4n) is 1.28. The van der Waals surface area contributed by atoms with Crippen molar-refractivity contribution in [3.05, 3.63) is 33.6 Å². The van der Waals surface area contributed by atoms with E-state index >= 15 is 0 Å². The number of anilines is 1. The number of hydrogen-bond donors (Lipinski definition) is 2. The lowest BCUT2D eigenvalue weighted by molar-refractivity contribution is 1.05. The summed E-state index contributed by atoms with van der Waals surface area (Å²) in [6.07, 6.45) is 0. The lowest BCUT2D eigenvalue weighted by Gasteiger charge is -2.04. The third-order valence-corrected chi connectivity index (χ3v) is 2.71. The van der Waals surface area contributed by atoms with Crippen molar-refractivity contribution in [3.63, 3.8) is 0 Å². The molecule has 0 radical (unpaired) electrons. The molecule has 0 saturated carbocycles. The van der Waals surface area contributed by atoms with E-state index in [1.807, 2.05) is 25.1 Å². The zero-order chi connectivity index (χ0) is 11.7. The molecule has 6 heteroatoms. The van der Waals surface area contributed by atoms with Gasteiger partial charge in [0.2, 0.25) is 10.7 Å². The number of hydrogen-bond acceptors (Lipinski definition) is 4. The van der Waals surface area contributed by atoms with Gasteiger partial charge in [-0.3, -0.25) is 0 Å². The predicted molar refractivity (Wildman–Crippen MR) is 66.8 cm³/mol. The van der Waals surface area contributed by atoms with Crippen LogP contribution in [-0.2, 0) is 0 Å². The summed E-state index contributed by atoms with van der Waals surface area (Å²) in [5.74, 6) is 0.811. The van der Waals surface area contributed by atoms with Gasteiger partial charge >= 0.3 is 0 Å². The first-order chi connectivity index (χ1) is 7.56. The average molecular weight is 253 g/mol. The van der Waals surface area contributed by atoms with Gasteiger partial charge in [0.25, 0.3) is 0 Å². The molecule has 1 aromatic heterocycles. The van der Waals surface area contributed by atoms with Crippen molar-refractivity contribution in [1.29, 1.82) is 0 Å². The summed E-state index contributed by atoms with van der Waals surface area (Å²) in [4.78, 5) is 10.7. The van der Waals surface area contributed by atoms with Gasteiger partial charge in [-0.15, -0.1) is 0 Å². The third kappa shape index (κ3) is 2.20. The van der Waals surface area contributed by atoms with Crippen molar-refractivity contribution in [3.8, 4) is 11.4 Å². The fraction of sp³-hybridized carbons (Fsp3) is 0.100. The van der Waals surface area contributed by atoms with Crippen LogP contribution in [0, 0.1) is 11.7 Å². The smallest absolute Gasteiger partial charge is 0.224 e. The molecule has 0 unspecified atom stereocenters. The number of benzene rings is 1. The van der Waals surface area contributed by atoms with Crippen LogP contribution in [0.25, 0.3) is 11.4 Å². The molecule has 0 aliphatic heterocycles. The Kier molecular flexibility index (Phi) is 2.89. The Morgan fingerprint density at radius 1 is 1.38 bits per heavy atom. The molecule has 2 aromatic rings. The van der Waals surface area contributed by atoms with Gasteiger partial charge in [-0.05, 0) is 30.8 Å². The van der Waals surface area contributed by atoms with Crippen LogP contribution in [-0.4, -0.2) is 15.0 Å². The molecule has 4 nitrogen and oxygen atoms in total. The maximum Gasteiger partial charge on any atom is 0.224 e. The van der Waals surface area contributed by atoms with E-state index in [0.29, 0.717) is 10.8 Å². The van der Waals surface area contributed by atoms with E-state index in [4.69, 9.17) is 29.6 Å². The molecule has 16 heavy (non-hydrogen) atoms. The SMILES string of the molecule is Cc1ccc(-c2nc(=S)nc(N)[nH]2)cc1Cl. The second-order valence-electron chi connectivity index (χ2n) is 3.33. The van der Waals surface area contributed by atoms with Crippen molar-refractivity contribution < 1.29 is 0 Å². The van der Waals surface area contributed by atoms with E-state index in [9.17, 15) is 0 Å². The summed E-state index contributed by atoms with van der Waals surface area (Å²) in [7, 11) is 0. The Balaban J connectivity index is 2.58. The quantitative estimate of drug-likeness (QED) is 0.766. The largest absolute Gasteiger partial charge is 0.369 e. The van der Waals surface area contributed by atoms with Crippen LogP contribution in [0.4, 0.5) is 5.95 Å². The van der Waals surface area contributed by atoms with Crippen molar-refractivity contribution in [1.82, 2.24) is 15.0 Å². The summed E-state index contributed by atoms with van der Waals surface area (Å²) < 4.78 is 0.211. The van der Waals surface area contributed by atoms with Gasteiger partial charge in [0.15, 0.2) is 0 Å². The minimum Gasteiger partial charge on any atom is -0.369 e. The second kappa shape index (κ2) is 4.19. The first-order valence-corrected chi connectivity index (χ1v) is 5.35. The maximum absolute atomic E-state index is 6.03. The summed E-state index contributed by atoms with van der Waals surface area (Å²) in [6.45, 7) is 1.93. The molecule has 0 aliphatic carbocycles. The predicted octanol–water partition coefficient (Wildman–Crippen LogP) is 2.75. The normalized spacial score (nSPS) is 10.4. The van der Waals surface area contributed by atoms with Gasteiger partial charge in [0.05, 0.1) is 0 Å². The van der Waals surface area contributed by atoms with Crippen molar-refractivity contribution >= 4 is 29.8 Å². The van der Waals surface area contributed by atoms with Gasteiger partial charge in [-0.1, -0.05) is 23.7 Å². The first-order valence-electron chi connectivity index (χ1n) is 4.56. The second-order valence-corrected chi connectivity index (χ2v) is 4.10. The molecule has 0 amide bonds. The van der Waals surface area contributed by atoms with Crippen molar-refractivity contribution in [2.24, 2.45) is 0 Å². The molecule has 82 valence electrons. The number of nitrogen functional groups attached to an aromatic ring is 1. The number of aromatic amines is 1. The zero-order valence-electron chi connectivity index (χ0n) is 8.49. The van der Waals surface area contributed by atoms with Crippen LogP contribution in [0.3, 0.4) is 0 Å². The Morgan fingerprint density at radius 3 is 2.75 bits per heavy atom. The number of halogens is 1. The monoisotopic (exact) mass is 252 g/mol. The van der Waals surface area contributed by atoms with Gasteiger partial charge in [0, 0.05) is 10.6 Å². The van der Waals surface area contributed by atoms with Crippen LogP contribution >= 0.6 is 23.8 Å². The molecule has 0 atom stereocenters. The molecule has 0 aliphatic rings. The molecular formula is C10H9ClN4S. The highest BCUT2D eigenvalue weighted by atomic mass is 35.5. The van der Waals surface area contributed by atoms with E-state index in [0.717, 1.165) is 11.1 Å². The summed E-state index contributed by atoms with van der Waals surface area (Å²) in [5, 5.41) is 0.675. The van der Waals surface area contributed by atoms with E-state index in [-0.39, 0.29) is 10.7 Å². The number of nitrogens with two attached hydrogens (primary N) is 1. The van der Waals surface area contributed by atoms with Gasteiger partial charge in [-0.2, -0.15) is 4.98 Å². The highest BCUT2D eigenvalue weighted by Gasteiger charge is 2.04. The molecule has 0 spiro atoms. The lowest BCUT2D eigenvalue weighted by Crippen LogP contribution is -1.99. The highest BCUT2D eigenvalue weighted by Crippen LogP contribution is 2.22. The number of nitrogens with one attached hydrogen (secondary N) is 1. The minimum atomic E-state index is 0.211. The van der Waals surface area contributed by atoms with Crippen molar-refractivity contribution in [2.75, 3.05) is 5.73 Å². The molecule has 3 N–H and O–H groups in total. The molecule has 1 aromatic carbocycles. The summed E-state index contributed by atoms with van der Waals surface area (Å²) in [6, 6.07) is 5.62. The van der Waals surface area contributed by atoms with Crippen LogP contribution < -0.4 is 5.73 Å². The number of aryl methyl sites for hydroxylation is 1. The standard InChI is InChI=1S/C10H9ClN4S/c1-5-2-3-6(4-7(5)11)8-13-9(12)15-10(16)14-8/h2-4H,1H3,(H3,12,13,14,15,16). The molecule has 2 rings (SSSR count).